The highest BCUT2D eigenvalue weighted by molar-refractivity contribution is 5.39. The van der Waals surface area contributed by atoms with Crippen LogP contribution >= 0.6 is 0 Å². The van der Waals surface area contributed by atoms with E-state index in [0.29, 0.717) is 17.1 Å². The lowest BCUT2D eigenvalue weighted by atomic mass is 10.0. The molecule has 0 saturated carbocycles. The molecule has 1 unspecified atom stereocenters. The fourth-order valence-electron chi connectivity index (χ4n) is 1.50. The SMILES string of the molecule is CC(O)(CNc1ccc(C#N)cn1)c1ccco1. The molecule has 2 rings (SSSR count). The maximum atomic E-state index is 10.2. The molecular formula is C13H13N3O2. The van der Waals surface area contributed by atoms with E-state index >= 15 is 0 Å². The Morgan fingerprint density at radius 1 is 1.50 bits per heavy atom. The van der Waals surface area contributed by atoms with Crippen LogP contribution < -0.4 is 5.32 Å². The predicted molar refractivity (Wildman–Crippen MR) is 65.7 cm³/mol. The molecule has 0 radical (unpaired) electrons. The van der Waals surface area contributed by atoms with Crippen molar-refractivity contribution in [2.75, 3.05) is 11.9 Å². The molecular weight excluding hydrogens is 230 g/mol. The second-order valence-corrected chi connectivity index (χ2v) is 4.15. The monoisotopic (exact) mass is 243 g/mol. The Morgan fingerprint density at radius 3 is 2.89 bits per heavy atom. The first-order chi connectivity index (χ1) is 8.62. The number of hydrogen-bond donors (Lipinski definition) is 2. The van der Waals surface area contributed by atoms with Gasteiger partial charge in [0, 0.05) is 6.20 Å². The molecule has 2 aromatic heterocycles. The van der Waals surface area contributed by atoms with Crippen LogP contribution in [-0.4, -0.2) is 16.6 Å². The molecule has 0 aromatic carbocycles. The summed E-state index contributed by atoms with van der Waals surface area (Å²) in [6, 6.07) is 8.79. The summed E-state index contributed by atoms with van der Waals surface area (Å²) in [4.78, 5) is 4.06. The van der Waals surface area contributed by atoms with Gasteiger partial charge in [0.2, 0.25) is 0 Å². The summed E-state index contributed by atoms with van der Waals surface area (Å²) in [5.74, 6) is 1.09. The third kappa shape index (κ3) is 2.67. The van der Waals surface area contributed by atoms with Crippen LogP contribution in [-0.2, 0) is 5.60 Å². The van der Waals surface area contributed by atoms with Gasteiger partial charge < -0.3 is 14.8 Å². The van der Waals surface area contributed by atoms with Crippen LogP contribution in [0.4, 0.5) is 5.82 Å². The van der Waals surface area contributed by atoms with E-state index in [-0.39, 0.29) is 6.54 Å². The Kier molecular flexibility index (Phi) is 3.31. The summed E-state index contributed by atoms with van der Waals surface area (Å²) in [6.45, 7) is 1.92. The third-order valence-electron chi connectivity index (χ3n) is 2.56. The number of aromatic nitrogens is 1. The van der Waals surface area contributed by atoms with Crippen LogP contribution in [0, 0.1) is 11.3 Å². The van der Waals surface area contributed by atoms with E-state index < -0.39 is 5.60 Å². The van der Waals surface area contributed by atoms with E-state index in [9.17, 15) is 5.11 Å². The van der Waals surface area contributed by atoms with E-state index in [2.05, 4.69) is 10.3 Å². The quantitative estimate of drug-likeness (QED) is 0.856. The molecule has 18 heavy (non-hydrogen) atoms. The number of hydrogen-bond acceptors (Lipinski definition) is 5. The van der Waals surface area contributed by atoms with E-state index in [1.54, 1.807) is 31.2 Å². The van der Waals surface area contributed by atoms with E-state index in [1.165, 1.54) is 12.5 Å². The first kappa shape index (κ1) is 12.1. The Morgan fingerprint density at radius 2 is 2.33 bits per heavy atom. The molecule has 0 fully saturated rings. The number of anilines is 1. The Hall–Kier alpha value is -2.32. The lowest BCUT2D eigenvalue weighted by Crippen LogP contribution is -2.30. The van der Waals surface area contributed by atoms with Crippen molar-refractivity contribution in [3.8, 4) is 6.07 Å². The van der Waals surface area contributed by atoms with Crippen LogP contribution in [0.2, 0.25) is 0 Å². The largest absolute Gasteiger partial charge is 0.466 e. The van der Waals surface area contributed by atoms with Crippen LogP contribution in [0.25, 0.3) is 0 Å². The molecule has 5 nitrogen and oxygen atoms in total. The molecule has 5 heteroatoms. The molecule has 0 saturated heterocycles. The number of nitrogens with one attached hydrogen (secondary N) is 1. The number of furan rings is 1. The Bertz CT molecular complexity index is 539. The van der Waals surface area contributed by atoms with Gasteiger partial charge >= 0.3 is 0 Å². The van der Waals surface area contributed by atoms with Crippen LogP contribution in [0.1, 0.15) is 18.2 Å². The van der Waals surface area contributed by atoms with E-state index in [1.807, 2.05) is 6.07 Å². The van der Waals surface area contributed by atoms with Gasteiger partial charge in [-0.15, -0.1) is 0 Å². The third-order valence-corrected chi connectivity index (χ3v) is 2.56. The second kappa shape index (κ2) is 4.90. The Balaban J connectivity index is 2.01. The molecule has 0 spiro atoms. The van der Waals surface area contributed by atoms with Gasteiger partial charge in [0.15, 0.2) is 0 Å². The minimum absolute atomic E-state index is 0.263. The molecule has 2 heterocycles. The highest BCUT2D eigenvalue weighted by Crippen LogP contribution is 2.21. The van der Waals surface area contributed by atoms with Gasteiger partial charge in [-0.3, -0.25) is 0 Å². The van der Waals surface area contributed by atoms with Gasteiger partial charge in [0.05, 0.1) is 18.4 Å². The molecule has 0 aliphatic rings. The fraction of sp³-hybridized carbons (Fsp3) is 0.231. The highest BCUT2D eigenvalue weighted by atomic mass is 16.4. The predicted octanol–water partition coefficient (Wildman–Crippen LogP) is 1.87. The summed E-state index contributed by atoms with van der Waals surface area (Å²) in [6.07, 6.45) is 2.99. The minimum atomic E-state index is -1.11. The first-order valence-corrected chi connectivity index (χ1v) is 5.48. The number of nitriles is 1. The molecule has 92 valence electrons. The number of nitrogens with zero attached hydrogens (tertiary/aromatic N) is 2. The minimum Gasteiger partial charge on any atom is -0.466 e. The molecule has 2 N–H and O–H groups in total. The zero-order chi connectivity index (χ0) is 13.0. The second-order valence-electron chi connectivity index (χ2n) is 4.15. The van der Waals surface area contributed by atoms with E-state index in [4.69, 9.17) is 9.68 Å². The van der Waals surface area contributed by atoms with Crippen molar-refractivity contribution in [3.05, 3.63) is 48.0 Å². The van der Waals surface area contributed by atoms with Crippen molar-refractivity contribution in [1.29, 1.82) is 5.26 Å². The van der Waals surface area contributed by atoms with Crippen molar-refractivity contribution < 1.29 is 9.52 Å². The van der Waals surface area contributed by atoms with Crippen molar-refractivity contribution >= 4 is 5.82 Å². The summed E-state index contributed by atoms with van der Waals surface area (Å²) < 4.78 is 5.17. The standard InChI is InChI=1S/C13H13N3O2/c1-13(17,11-3-2-6-18-11)9-16-12-5-4-10(7-14)8-15-12/h2-6,8,17H,9H2,1H3,(H,15,16). The van der Waals surface area contributed by atoms with E-state index in [0.717, 1.165) is 0 Å². The molecule has 0 aliphatic heterocycles. The molecule has 2 aromatic rings. The maximum absolute atomic E-state index is 10.2. The molecule has 0 aliphatic carbocycles. The van der Waals surface area contributed by atoms with Crippen molar-refractivity contribution in [1.82, 2.24) is 4.98 Å². The average molecular weight is 243 g/mol. The first-order valence-electron chi connectivity index (χ1n) is 5.48. The Labute approximate surface area is 105 Å². The summed E-state index contributed by atoms with van der Waals surface area (Å²) in [5.41, 5.74) is -0.614. The molecule has 0 bridgehead atoms. The fourth-order valence-corrected chi connectivity index (χ4v) is 1.50. The van der Waals surface area contributed by atoms with Crippen LogP contribution in [0.15, 0.2) is 41.1 Å². The van der Waals surface area contributed by atoms with Crippen molar-refractivity contribution in [2.24, 2.45) is 0 Å². The number of pyridine rings is 1. The maximum Gasteiger partial charge on any atom is 0.136 e. The van der Waals surface area contributed by atoms with Gasteiger partial charge in [-0.1, -0.05) is 0 Å². The zero-order valence-corrected chi connectivity index (χ0v) is 9.92. The van der Waals surface area contributed by atoms with Gasteiger partial charge in [0.25, 0.3) is 0 Å². The van der Waals surface area contributed by atoms with Crippen LogP contribution in [0.3, 0.4) is 0 Å². The van der Waals surface area contributed by atoms with Gasteiger partial charge in [-0.2, -0.15) is 5.26 Å². The smallest absolute Gasteiger partial charge is 0.136 e. The normalized spacial score (nSPS) is 13.6. The lowest BCUT2D eigenvalue weighted by molar-refractivity contribution is 0.0476. The van der Waals surface area contributed by atoms with Crippen molar-refractivity contribution in [2.45, 2.75) is 12.5 Å². The molecule has 0 amide bonds. The topological polar surface area (TPSA) is 82.1 Å². The summed E-state index contributed by atoms with van der Waals surface area (Å²) >= 11 is 0. The lowest BCUT2D eigenvalue weighted by Gasteiger charge is -2.21. The van der Waals surface area contributed by atoms with Gasteiger partial charge in [-0.25, -0.2) is 4.98 Å². The summed E-state index contributed by atoms with van der Waals surface area (Å²) in [5, 5.41) is 21.8. The summed E-state index contributed by atoms with van der Waals surface area (Å²) in [7, 11) is 0. The number of rotatable bonds is 4. The van der Waals surface area contributed by atoms with Gasteiger partial charge in [0.1, 0.15) is 23.2 Å². The number of aliphatic hydroxyl groups is 1. The van der Waals surface area contributed by atoms with Gasteiger partial charge in [-0.05, 0) is 31.2 Å². The molecule has 1 atom stereocenters. The average Bonchev–Trinajstić information content (AvgIpc) is 2.92. The van der Waals surface area contributed by atoms with Crippen LogP contribution in [0.5, 0.6) is 0 Å². The van der Waals surface area contributed by atoms with Crippen molar-refractivity contribution in [3.63, 3.8) is 0 Å². The zero-order valence-electron chi connectivity index (χ0n) is 9.92. The highest BCUT2D eigenvalue weighted by Gasteiger charge is 2.25.